The molecule has 0 unspecified atom stereocenters. The molecule has 0 radical (unpaired) electrons. The molecule has 1 amide bonds. The Hall–Kier alpha value is -3.01. The second-order valence-corrected chi connectivity index (χ2v) is 8.03. The van der Waals surface area contributed by atoms with Crippen LogP contribution in [0.1, 0.15) is 51.6 Å². The lowest BCUT2D eigenvalue weighted by Gasteiger charge is -2.41. The van der Waals surface area contributed by atoms with E-state index in [2.05, 4.69) is 19.2 Å². The fourth-order valence-corrected chi connectivity index (χ4v) is 4.26. The van der Waals surface area contributed by atoms with E-state index in [-0.39, 0.29) is 17.6 Å². The third-order valence-electron chi connectivity index (χ3n) is 6.22. The van der Waals surface area contributed by atoms with E-state index in [1.165, 1.54) is 0 Å². The monoisotopic (exact) mass is 403 g/mol. The summed E-state index contributed by atoms with van der Waals surface area (Å²) in [5.41, 5.74) is 0.771. The number of carbonyl (C=O) groups excluding carboxylic acids is 1. The van der Waals surface area contributed by atoms with Crippen LogP contribution in [0.4, 0.5) is 0 Å². The molecule has 2 atom stereocenters. The summed E-state index contributed by atoms with van der Waals surface area (Å²) in [5, 5.41) is 5.32. The number of carbonyl (C=O) groups is 1. The van der Waals surface area contributed by atoms with Crippen molar-refractivity contribution in [2.24, 2.45) is 0 Å². The minimum atomic E-state index is -0.608. The molecule has 3 aromatic carbocycles. The molecule has 4 rings (SSSR count). The first-order valence-electron chi connectivity index (χ1n) is 10.8. The Morgan fingerprint density at radius 1 is 1.07 bits per heavy atom. The average molecular weight is 404 g/mol. The van der Waals surface area contributed by atoms with Gasteiger partial charge in [0.15, 0.2) is 6.10 Å². The van der Waals surface area contributed by atoms with Crippen LogP contribution in [0.5, 0.6) is 11.5 Å². The van der Waals surface area contributed by atoms with Crippen LogP contribution >= 0.6 is 0 Å². The summed E-state index contributed by atoms with van der Waals surface area (Å²) in [6.45, 7) is 6.08. The van der Waals surface area contributed by atoms with Crippen LogP contribution < -0.4 is 14.8 Å². The molecule has 1 aliphatic rings. The molecule has 0 bridgehead atoms. The molecule has 1 heterocycles. The number of rotatable bonds is 6. The lowest BCUT2D eigenvalue weighted by Crippen LogP contribution is -2.46. The second kappa shape index (κ2) is 8.39. The van der Waals surface area contributed by atoms with Gasteiger partial charge in [0.25, 0.3) is 5.91 Å². The van der Waals surface area contributed by atoms with Crippen molar-refractivity contribution in [3.05, 3.63) is 72.3 Å². The Labute approximate surface area is 178 Å². The lowest BCUT2D eigenvalue weighted by atomic mass is 9.83. The highest BCUT2D eigenvalue weighted by molar-refractivity contribution is 5.89. The van der Waals surface area contributed by atoms with Gasteiger partial charge in [-0.2, -0.15) is 0 Å². The standard InChI is InChI=1S/C26H29NO3/c1-4-26(5-2)17-22(21-14-8-9-15-24(21)30-26)27-25(28)18(3)29-23-16-10-12-19-11-6-7-13-20(19)23/h6-16,18,22H,4-5,17H2,1-3H3,(H,27,28)/t18-,22+/m0/s1. The molecule has 1 N–H and O–H groups in total. The Balaban J connectivity index is 1.54. The summed E-state index contributed by atoms with van der Waals surface area (Å²) in [6, 6.07) is 21.8. The zero-order valence-corrected chi connectivity index (χ0v) is 17.9. The molecule has 0 aromatic heterocycles. The van der Waals surface area contributed by atoms with Crippen molar-refractivity contribution >= 4 is 16.7 Å². The summed E-state index contributed by atoms with van der Waals surface area (Å²) in [5.74, 6) is 1.46. The molecule has 0 aliphatic carbocycles. The van der Waals surface area contributed by atoms with Gasteiger partial charge in [-0.15, -0.1) is 0 Å². The quantitative estimate of drug-likeness (QED) is 0.565. The van der Waals surface area contributed by atoms with E-state index in [0.717, 1.165) is 47.1 Å². The first kappa shape index (κ1) is 20.3. The van der Waals surface area contributed by atoms with Gasteiger partial charge < -0.3 is 14.8 Å². The van der Waals surface area contributed by atoms with Gasteiger partial charge in [-0.25, -0.2) is 0 Å². The molecule has 0 saturated carbocycles. The largest absolute Gasteiger partial charge is 0.487 e. The molecule has 30 heavy (non-hydrogen) atoms. The molecule has 4 nitrogen and oxygen atoms in total. The van der Waals surface area contributed by atoms with Crippen molar-refractivity contribution < 1.29 is 14.3 Å². The van der Waals surface area contributed by atoms with Crippen LogP contribution in [0.2, 0.25) is 0 Å². The van der Waals surface area contributed by atoms with Crippen molar-refractivity contribution in [3.8, 4) is 11.5 Å². The van der Waals surface area contributed by atoms with Crippen LogP contribution in [-0.4, -0.2) is 17.6 Å². The normalized spacial score (nSPS) is 18.2. The van der Waals surface area contributed by atoms with Crippen LogP contribution in [0.15, 0.2) is 66.7 Å². The van der Waals surface area contributed by atoms with Crippen LogP contribution in [0, 0.1) is 0 Å². The summed E-state index contributed by atoms with van der Waals surface area (Å²) < 4.78 is 12.4. The zero-order chi connectivity index (χ0) is 21.1. The van der Waals surface area contributed by atoms with Crippen molar-refractivity contribution in [2.45, 2.75) is 57.8 Å². The summed E-state index contributed by atoms with van der Waals surface area (Å²) >= 11 is 0. The average Bonchev–Trinajstić information content (AvgIpc) is 2.79. The van der Waals surface area contributed by atoms with Crippen LogP contribution in [0.3, 0.4) is 0 Å². The number of para-hydroxylation sites is 1. The lowest BCUT2D eigenvalue weighted by molar-refractivity contribution is -0.128. The fraction of sp³-hybridized carbons (Fsp3) is 0.346. The number of ether oxygens (including phenoxy) is 2. The topological polar surface area (TPSA) is 47.6 Å². The minimum Gasteiger partial charge on any atom is -0.487 e. The van der Waals surface area contributed by atoms with E-state index in [1.54, 1.807) is 6.92 Å². The van der Waals surface area contributed by atoms with Crippen molar-refractivity contribution in [2.75, 3.05) is 0 Å². The van der Waals surface area contributed by atoms with E-state index in [1.807, 2.05) is 66.7 Å². The minimum absolute atomic E-state index is 0.0964. The Kier molecular flexibility index (Phi) is 5.67. The number of hydrogen-bond acceptors (Lipinski definition) is 3. The maximum absolute atomic E-state index is 13.1. The number of hydrogen-bond donors (Lipinski definition) is 1. The van der Waals surface area contributed by atoms with Gasteiger partial charge in [0, 0.05) is 17.4 Å². The third kappa shape index (κ3) is 3.87. The van der Waals surface area contributed by atoms with E-state index >= 15 is 0 Å². The van der Waals surface area contributed by atoms with Gasteiger partial charge in [0.1, 0.15) is 17.1 Å². The van der Waals surface area contributed by atoms with E-state index in [9.17, 15) is 4.79 Å². The van der Waals surface area contributed by atoms with Gasteiger partial charge in [0.2, 0.25) is 0 Å². The SMILES string of the molecule is CCC1(CC)C[C@@H](NC(=O)[C@H](C)Oc2cccc3ccccc23)c2ccccc2O1. The van der Waals surface area contributed by atoms with Gasteiger partial charge in [-0.3, -0.25) is 4.79 Å². The maximum Gasteiger partial charge on any atom is 0.261 e. The predicted molar refractivity (Wildman–Crippen MR) is 120 cm³/mol. The highest BCUT2D eigenvalue weighted by Crippen LogP contribution is 2.42. The number of amides is 1. The number of benzene rings is 3. The summed E-state index contributed by atoms with van der Waals surface area (Å²) in [6.07, 6.45) is 1.94. The highest BCUT2D eigenvalue weighted by atomic mass is 16.5. The molecular formula is C26H29NO3. The van der Waals surface area contributed by atoms with Gasteiger partial charge in [0.05, 0.1) is 6.04 Å². The first-order chi connectivity index (χ1) is 14.5. The molecule has 1 aliphatic heterocycles. The summed E-state index contributed by atoms with van der Waals surface area (Å²) in [4.78, 5) is 13.1. The third-order valence-corrected chi connectivity index (χ3v) is 6.22. The summed E-state index contributed by atoms with van der Waals surface area (Å²) in [7, 11) is 0. The second-order valence-electron chi connectivity index (χ2n) is 8.03. The van der Waals surface area contributed by atoms with E-state index in [0.29, 0.717) is 0 Å². The smallest absolute Gasteiger partial charge is 0.261 e. The van der Waals surface area contributed by atoms with E-state index in [4.69, 9.17) is 9.47 Å². The van der Waals surface area contributed by atoms with Gasteiger partial charge in [-0.05, 0) is 37.3 Å². The fourth-order valence-electron chi connectivity index (χ4n) is 4.26. The highest BCUT2D eigenvalue weighted by Gasteiger charge is 2.39. The molecule has 0 fully saturated rings. The van der Waals surface area contributed by atoms with Crippen LogP contribution in [0.25, 0.3) is 10.8 Å². The molecule has 0 saturated heterocycles. The Morgan fingerprint density at radius 2 is 1.77 bits per heavy atom. The molecule has 4 heteroatoms. The number of fused-ring (bicyclic) bond motifs is 2. The predicted octanol–water partition coefficient (Wildman–Crippen LogP) is 5.81. The zero-order valence-electron chi connectivity index (χ0n) is 17.9. The van der Waals surface area contributed by atoms with Crippen LogP contribution in [-0.2, 0) is 4.79 Å². The van der Waals surface area contributed by atoms with Crippen molar-refractivity contribution in [1.29, 1.82) is 0 Å². The number of nitrogens with one attached hydrogen (secondary N) is 1. The van der Waals surface area contributed by atoms with Crippen molar-refractivity contribution in [1.82, 2.24) is 5.32 Å². The van der Waals surface area contributed by atoms with E-state index < -0.39 is 6.10 Å². The molecule has 0 spiro atoms. The van der Waals surface area contributed by atoms with Gasteiger partial charge >= 0.3 is 0 Å². The first-order valence-corrected chi connectivity index (χ1v) is 10.8. The molecule has 3 aromatic rings. The molecule has 156 valence electrons. The Morgan fingerprint density at radius 3 is 2.57 bits per heavy atom. The van der Waals surface area contributed by atoms with Crippen molar-refractivity contribution in [3.63, 3.8) is 0 Å². The maximum atomic E-state index is 13.1. The Bertz CT molecular complexity index is 1040. The molecular weight excluding hydrogens is 374 g/mol. The van der Waals surface area contributed by atoms with Gasteiger partial charge in [-0.1, -0.05) is 68.4 Å².